The number of carbonyl (C=O) groups is 1. The van der Waals surface area contributed by atoms with Gasteiger partial charge in [0.1, 0.15) is 19.2 Å². The van der Waals surface area contributed by atoms with Gasteiger partial charge in [-0.25, -0.2) is 9.36 Å². The van der Waals surface area contributed by atoms with Crippen LogP contribution in [0.15, 0.2) is 24.4 Å². The van der Waals surface area contributed by atoms with Crippen LogP contribution >= 0.6 is 0 Å². The van der Waals surface area contributed by atoms with Gasteiger partial charge >= 0.3 is 6.09 Å². The highest BCUT2D eigenvalue weighted by Crippen LogP contribution is 2.06. The van der Waals surface area contributed by atoms with Crippen LogP contribution in [0.5, 0.6) is 0 Å². The maximum Gasteiger partial charge on any atom is 0.408 e. The minimum Gasteiger partial charge on any atom is -0.444 e. The molecular formula is C12H19N2O2+. The van der Waals surface area contributed by atoms with Crippen molar-refractivity contribution in [3.05, 3.63) is 30.1 Å². The van der Waals surface area contributed by atoms with Gasteiger partial charge in [-0.3, -0.25) is 0 Å². The molecule has 0 radical (unpaired) electrons. The lowest BCUT2D eigenvalue weighted by Gasteiger charge is -2.19. The van der Waals surface area contributed by atoms with Crippen LogP contribution in [0.1, 0.15) is 26.5 Å². The minimum atomic E-state index is -0.455. The van der Waals surface area contributed by atoms with Crippen molar-refractivity contribution in [3.63, 3.8) is 0 Å². The van der Waals surface area contributed by atoms with Gasteiger partial charge in [0.25, 0.3) is 0 Å². The van der Waals surface area contributed by atoms with E-state index in [0.29, 0.717) is 6.54 Å². The summed E-state index contributed by atoms with van der Waals surface area (Å²) >= 11 is 0. The number of nitrogens with one attached hydrogen (secondary N) is 1. The van der Waals surface area contributed by atoms with Crippen molar-refractivity contribution in [1.82, 2.24) is 5.32 Å². The van der Waals surface area contributed by atoms with E-state index in [1.54, 1.807) is 0 Å². The average molecular weight is 223 g/mol. The third-order valence-corrected chi connectivity index (χ3v) is 1.98. The van der Waals surface area contributed by atoms with E-state index in [1.165, 1.54) is 0 Å². The van der Waals surface area contributed by atoms with E-state index in [4.69, 9.17) is 4.74 Å². The molecule has 1 rings (SSSR count). The first-order chi connectivity index (χ1) is 7.38. The molecule has 16 heavy (non-hydrogen) atoms. The van der Waals surface area contributed by atoms with Crippen LogP contribution in [0, 0.1) is 0 Å². The summed E-state index contributed by atoms with van der Waals surface area (Å²) < 4.78 is 7.10. The van der Waals surface area contributed by atoms with Crippen LogP contribution < -0.4 is 9.88 Å². The van der Waals surface area contributed by atoms with Crippen LogP contribution in [0.4, 0.5) is 4.79 Å². The van der Waals surface area contributed by atoms with Crippen molar-refractivity contribution in [2.24, 2.45) is 7.05 Å². The number of rotatable bonds is 2. The third kappa shape index (κ3) is 4.29. The summed E-state index contributed by atoms with van der Waals surface area (Å²) in [6.07, 6.45) is 1.54. The minimum absolute atomic E-state index is 0.392. The molecule has 1 N–H and O–H groups in total. The van der Waals surface area contributed by atoms with Gasteiger partial charge in [-0.1, -0.05) is 6.07 Å². The Balaban J connectivity index is 2.47. The van der Waals surface area contributed by atoms with Crippen molar-refractivity contribution in [2.45, 2.75) is 32.9 Å². The molecule has 4 nitrogen and oxygen atoms in total. The summed E-state index contributed by atoms with van der Waals surface area (Å²) in [5, 5.41) is 2.71. The second-order valence-corrected chi connectivity index (χ2v) is 4.66. The van der Waals surface area contributed by atoms with Crippen molar-refractivity contribution >= 4 is 6.09 Å². The number of hydrogen-bond donors (Lipinski definition) is 1. The summed E-state index contributed by atoms with van der Waals surface area (Å²) in [5.41, 5.74) is 0.566. The fourth-order valence-electron chi connectivity index (χ4n) is 1.22. The topological polar surface area (TPSA) is 42.2 Å². The zero-order chi connectivity index (χ0) is 12.2. The Kier molecular flexibility index (Phi) is 3.88. The number of hydrogen-bond acceptors (Lipinski definition) is 2. The number of pyridine rings is 1. The molecule has 4 heteroatoms. The normalized spacial score (nSPS) is 11.0. The number of alkyl carbamates (subject to hydrolysis) is 1. The molecule has 0 saturated heterocycles. The van der Waals surface area contributed by atoms with Gasteiger partial charge in [0, 0.05) is 12.1 Å². The molecule has 0 aliphatic heterocycles. The molecule has 0 bridgehead atoms. The van der Waals surface area contributed by atoms with Gasteiger partial charge < -0.3 is 10.1 Å². The molecular weight excluding hydrogens is 204 g/mol. The highest BCUT2D eigenvalue weighted by atomic mass is 16.6. The molecule has 1 aromatic rings. The van der Waals surface area contributed by atoms with Crippen molar-refractivity contribution in [1.29, 1.82) is 0 Å². The molecule has 1 heterocycles. The predicted octanol–water partition coefficient (Wildman–Crippen LogP) is 1.54. The molecule has 88 valence electrons. The lowest BCUT2D eigenvalue weighted by Crippen LogP contribution is -2.38. The van der Waals surface area contributed by atoms with E-state index in [0.717, 1.165) is 5.69 Å². The molecule has 0 aliphatic carbocycles. The zero-order valence-electron chi connectivity index (χ0n) is 10.3. The first kappa shape index (κ1) is 12.5. The molecule has 0 saturated carbocycles. The fourth-order valence-corrected chi connectivity index (χ4v) is 1.22. The largest absolute Gasteiger partial charge is 0.444 e. The number of carbonyl (C=O) groups excluding carboxylic acids is 1. The lowest BCUT2D eigenvalue weighted by atomic mass is 10.2. The molecule has 1 amide bonds. The van der Waals surface area contributed by atoms with Gasteiger partial charge in [0.2, 0.25) is 5.69 Å². The van der Waals surface area contributed by atoms with Gasteiger partial charge in [0.15, 0.2) is 6.20 Å². The number of nitrogens with zero attached hydrogens (tertiary/aromatic N) is 1. The summed E-state index contributed by atoms with van der Waals surface area (Å²) in [6, 6.07) is 5.83. The standard InChI is InChI=1S/C12H18N2O2/c1-12(2,3)16-11(15)13-9-10-7-5-6-8-14(10)4/h5-8H,9H2,1-4H3/p+1. The Morgan fingerprint density at radius 2 is 2.12 bits per heavy atom. The van der Waals surface area contributed by atoms with Gasteiger partial charge in [-0.2, -0.15) is 0 Å². The number of aryl methyl sites for hydroxylation is 1. The Morgan fingerprint density at radius 1 is 1.44 bits per heavy atom. The molecule has 0 atom stereocenters. The lowest BCUT2D eigenvalue weighted by molar-refractivity contribution is -0.679. The quantitative estimate of drug-likeness (QED) is 0.773. The second kappa shape index (κ2) is 4.96. The van der Waals surface area contributed by atoms with Gasteiger partial charge in [0.05, 0.1) is 0 Å². The highest BCUT2D eigenvalue weighted by Gasteiger charge is 2.16. The number of ether oxygens (including phenoxy) is 1. The van der Waals surface area contributed by atoms with E-state index in [2.05, 4.69) is 5.32 Å². The maximum atomic E-state index is 11.4. The summed E-state index contributed by atoms with van der Waals surface area (Å²) in [5.74, 6) is 0. The zero-order valence-corrected chi connectivity index (χ0v) is 10.3. The van der Waals surface area contributed by atoms with E-state index in [9.17, 15) is 4.79 Å². The van der Waals surface area contributed by atoms with Gasteiger partial charge in [-0.15, -0.1) is 0 Å². The van der Waals surface area contributed by atoms with Crippen molar-refractivity contribution < 1.29 is 14.1 Å². The SMILES string of the molecule is C[n+]1ccccc1CNC(=O)OC(C)(C)C. The Morgan fingerprint density at radius 3 is 2.69 bits per heavy atom. The molecule has 0 spiro atoms. The average Bonchev–Trinajstić information content (AvgIpc) is 2.14. The fraction of sp³-hybridized carbons (Fsp3) is 0.500. The second-order valence-electron chi connectivity index (χ2n) is 4.66. The van der Waals surface area contributed by atoms with Crippen molar-refractivity contribution in [3.8, 4) is 0 Å². The van der Waals surface area contributed by atoms with E-state index in [1.807, 2.05) is 56.8 Å². The summed E-state index contributed by atoms with van der Waals surface area (Å²) in [7, 11) is 1.94. The Bertz CT molecular complexity index is 370. The Hall–Kier alpha value is -1.58. The Labute approximate surface area is 96.2 Å². The van der Waals surface area contributed by atoms with Crippen LogP contribution in [0.2, 0.25) is 0 Å². The maximum absolute atomic E-state index is 11.4. The molecule has 0 aliphatic rings. The smallest absolute Gasteiger partial charge is 0.408 e. The highest BCUT2D eigenvalue weighted by molar-refractivity contribution is 5.67. The molecule has 1 aromatic heterocycles. The van der Waals surface area contributed by atoms with Gasteiger partial charge in [-0.05, 0) is 20.8 Å². The molecule has 0 fully saturated rings. The van der Waals surface area contributed by atoms with Crippen LogP contribution in [0.3, 0.4) is 0 Å². The first-order valence-corrected chi connectivity index (χ1v) is 5.29. The monoisotopic (exact) mass is 223 g/mol. The van der Waals surface area contributed by atoms with E-state index >= 15 is 0 Å². The summed E-state index contributed by atoms with van der Waals surface area (Å²) in [4.78, 5) is 11.4. The van der Waals surface area contributed by atoms with E-state index in [-0.39, 0.29) is 0 Å². The van der Waals surface area contributed by atoms with Crippen molar-refractivity contribution in [2.75, 3.05) is 0 Å². The van der Waals surface area contributed by atoms with Crippen LogP contribution in [-0.2, 0) is 18.3 Å². The first-order valence-electron chi connectivity index (χ1n) is 5.29. The third-order valence-electron chi connectivity index (χ3n) is 1.98. The molecule has 0 unspecified atom stereocenters. The summed E-state index contributed by atoms with van der Waals surface area (Å²) in [6.45, 7) is 5.99. The number of aromatic nitrogens is 1. The molecule has 0 aromatic carbocycles. The van der Waals surface area contributed by atoms with E-state index < -0.39 is 11.7 Å². The predicted molar refractivity (Wildman–Crippen MR) is 60.7 cm³/mol. The van der Waals surface area contributed by atoms with Crippen LogP contribution in [-0.4, -0.2) is 11.7 Å². The number of amides is 1. The van der Waals surface area contributed by atoms with Crippen LogP contribution in [0.25, 0.3) is 0 Å².